The first-order valence-corrected chi connectivity index (χ1v) is 12.2. The van der Waals surface area contributed by atoms with Crippen LogP contribution in [0, 0.1) is 22.7 Å². The maximum Gasteiger partial charge on any atom is 0.179 e. The molecule has 3 heterocycles. The molecule has 2 N–H and O–H groups in total. The Morgan fingerprint density at radius 2 is 1.34 bits per heavy atom. The second-order valence-electron chi connectivity index (χ2n) is 8.96. The monoisotopic (exact) mass is 494 g/mol. The van der Waals surface area contributed by atoms with Gasteiger partial charge in [-0.3, -0.25) is 0 Å². The number of benzene rings is 3. The summed E-state index contributed by atoms with van der Waals surface area (Å²) in [6, 6.07) is 32.2. The third-order valence-corrected chi connectivity index (χ3v) is 6.66. The third-order valence-electron chi connectivity index (χ3n) is 6.66. The molecule has 0 aliphatic rings. The van der Waals surface area contributed by atoms with Crippen LogP contribution in [-0.2, 0) is 19.5 Å². The van der Waals surface area contributed by atoms with Crippen molar-refractivity contribution in [1.29, 1.82) is 10.5 Å². The van der Waals surface area contributed by atoms with Gasteiger partial charge in [-0.1, -0.05) is 72.8 Å². The third kappa shape index (κ3) is 3.91. The highest BCUT2D eigenvalue weighted by Crippen LogP contribution is 2.37. The van der Waals surface area contributed by atoms with E-state index >= 15 is 0 Å². The summed E-state index contributed by atoms with van der Waals surface area (Å²) in [5.74, 6) is 1.08. The molecule has 0 unspecified atom stereocenters. The summed E-state index contributed by atoms with van der Waals surface area (Å²) in [4.78, 5) is 14.1. The number of nitrogens with two attached hydrogens (primary N) is 1. The van der Waals surface area contributed by atoms with Crippen molar-refractivity contribution in [3.63, 3.8) is 0 Å². The maximum absolute atomic E-state index is 9.70. The molecule has 0 aliphatic carbocycles. The number of anilines is 1. The number of aryl methyl sites for hydroxylation is 2. The highest BCUT2D eigenvalue weighted by molar-refractivity contribution is 5.99. The Labute approximate surface area is 218 Å². The molecule has 0 saturated carbocycles. The first-order chi connectivity index (χ1) is 18.7. The molecule has 0 radical (unpaired) electrons. The lowest BCUT2D eigenvalue weighted by molar-refractivity contribution is 0.723. The van der Waals surface area contributed by atoms with Crippen molar-refractivity contribution in [2.24, 2.45) is 0 Å². The largest absolute Gasteiger partial charge is 0.384 e. The Balaban J connectivity index is 1.60. The van der Waals surface area contributed by atoms with Crippen LogP contribution in [0.5, 0.6) is 0 Å². The van der Waals surface area contributed by atoms with Crippen LogP contribution < -0.4 is 5.73 Å². The van der Waals surface area contributed by atoms with Gasteiger partial charge in [-0.05, 0) is 29.7 Å². The van der Waals surface area contributed by atoms with E-state index in [0.717, 1.165) is 22.2 Å². The zero-order valence-corrected chi connectivity index (χ0v) is 20.4. The molecule has 38 heavy (non-hydrogen) atoms. The molecule has 0 atom stereocenters. The fraction of sp³-hybridized carbons (Fsp3) is 0.100. The minimum absolute atomic E-state index is 0.0252. The van der Waals surface area contributed by atoms with Crippen LogP contribution in [0.4, 0.5) is 5.82 Å². The second kappa shape index (κ2) is 9.53. The van der Waals surface area contributed by atoms with Gasteiger partial charge in [-0.25, -0.2) is 15.0 Å². The van der Waals surface area contributed by atoms with Crippen molar-refractivity contribution in [2.45, 2.75) is 19.5 Å². The van der Waals surface area contributed by atoms with Gasteiger partial charge in [-0.2, -0.15) is 10.5 Å². The van der Waals surface area contributed by atoms with Gasteiger partial charge < -0.3 is 14.9 Å². The number of nitriles is 2. The van der Waals surface area contributed by atoms with E-state index in [2.05, 4.69) is 38.8 Å². The Hall–Kier alpha value is -5.47. The normalized spacial score (nSPS) is 11.0. The summed E-state index contributed by atoms with van der Waals surface area (Å²) >= 11 is 0. The summed E-state index contributed by atoms with van der Waals surface area (Å²) in [5.41, 5.74) is 12.3. The number of imidazole rings is 1. The minimum Gasteiger partial charge on any atom is -0.384 e. The molecule has 3 aromatic heterocycles. The van der Waals surface area contributed by atoms with Crippen LogP contribution in [0.3, 0.4) is 0 Å². The fourth-order valence-corrected chi connectivity index (χ4v) is 4.83. The summed E-state index contributed by atoms with van der Waals surface area (Å²) < 4.78 is 3.99. The van der Waals surface area contributed by atoms with E-state index in [9.17, 15) is 10.5 Å². The number of hydrogen-bond acceptors (Lipinski definition) is 6. The van der Waals surface area contributed by atoms with Crippen molar-refractivity contribution >= 4 is 28.0 Å². The quantitative estimate of drug-likeness (QED) is 0.345. The lowest BCUT2D eigenvalue weighted by Crippen LogP contribution is -2.08. The summed E-state index contributed by atoms with van der Waals surface area (Å²) in [7, 11) is 0. The average molecular weight is 495 g/mol. The van der Waals surface area contributed by atoms with Crippen molar-refractivity contribution < 1.29 is 0 Å². The Morgan fingerprint density at radius 3 is 2.05 bits per heavy atom. The van der Waals surface area contributed by atoms with Crippen molar-refractivity contribution in [3.05, 3.63) is 107 Å². The lowest BCUT2D eigenvalue weighted by atomic mass is 10.1. The highest BCUT2D eigenvalue weighted by Gasteiger charge is 2.26. The van der Waals surface area contributed by atoms with Crippen LogP contribution in [0.15, 0.2) is 84.9 Å². The predicted octanol–water partition coefficient (Wildman–Crippen LogP) is 5.06. The van der Waals surface area contributed by atoms with Crippen LogP contribution >= 0.6 is 0 Å². The van der Waals surface area contributed by atoms with Gasteiger partial charge >= 0.3 is 0 Å². The van der Waals surface area contributed by atoms with E-state index < -0.39 is 0 Å². The van der Waals surface area contributed by atoms with Crippen molar-refractivity contribution in [3.8, 4) is 23.5 Å². The number of nitrogen functional groups attached to an aromatic ring is 1. The molecule has 0 aliphatic heterocycles. The van der Waals surface area contributed by atoms with Gasteiger partial charge in [0.2, 0.25) is 0 Å². The Kier molecular flexibility index (Phi) is 5.76. The highest BCUT2D eigenvalue weighted by atomic mass is 15.1. The molecule has 8 nitrogen and oxygen atoms in total. The molecular weight excluding hydrogens is 472 g/mol. The van der Waals surface area contributed by atoms with Gasteiger partial charge in [0, 0.05) is 13.1 Å². The average Bonchev–Trinajstić information content (AvgIpc) is 3.45. The van der Waals surface area contributed by atoms with Gasteiger partial charge in [0.25, 0.3) is 0 Å². The minimum atomic E-state index is -0.0350. The fourth-order valence-electron chi connectivity index (χ4n) is 4.83. The lowest BCUT2D eigenvalue weighted by Gasteiger charge is -2.11. The molecular formula is C30H22N8. The van der Waals surface area contributed by atoms with Crippen molar-refractivity contribution in [1.82, 2.24) is 24.1 Å². The molecule has 6 aromatic rings. The predicted molar refractivity (Wildman–Crippen MR) is 146 cm³/mol. The zero-order valence-electron chi connectivity index (χ0n) is 20.4. The van der Waals surface area contributed by atoms with Gasteiger partial charge in [-0.15, -0.1) is 0 Å². The Morgan fingerprint density at radius 1 is 0.711 bits per heavy atom. The number of nitrogens with zero attached hydrogens (tertiary/aromatic N) is 7. The first-order valence-electron chi connectivity index (χ1n) is 12.2. The first kappa shape index (κ1) is 23.0. The topological polar surface area (TPSA) is 122 Å². The molecule has 0 bridgehead atoms. The van der Waals surface area contributed by atoms with Crippen LogP contribution in [-0.4, -0.2) is 24.1 Å². The van der Waals surface area contributed by atoms with Gasteiger partial charge in [0.05, 0.1) is 16.6 Å². The molecule has 0 saturated heterocycles. The molecule has 0 fully saturated rings. The van der Waals surface area contributed by atoms with Gasteiger partial charge in [0.1, 0.15) is 29.3 Å². The standard InChI is InChI=1S/C30H22N8/c31-17-23-24(18-32)36-30-27(34-23)26(28(33)37(30)16-15-20-9-3-1-4-10-20)29-35-22-13-7-8-14-25(22)38(29)19-21-11-5-2-6-12-21/h1-14H,15-16,19,33H2. The summed E-state index contributed by atoms with van der Waals surface area (Å²) in [5, 5.41) is 19.3. The molecule has 0 amide bonds. The second-order valence-corrected chi connectivity index (χ2v) is 8.96. The smallest absolute Gasteiger partial charge is 0.179 e. The van der Waals surface area contributed by atoms with Gasteiger partial charge in [0.15, 0.2) is 17.0 Å². The molecule has 0 spiro atoms. The molecule has 6 rings (SSSR count). The van der Waals surface area contributed by atoms with E-state index in [-0.39, 0.29) is 11.4 Å². The van der Waals surface area contributed by atoms with E-state index in [1.807, 2.05) is 77.4 Å². The molecule has 8 heteroatoms. The number of para-hydroxylation sites is 2. The molecule has 3 aromatic carbocycles. The summed E-state index contributed by atoms with van der Waals surface area (Å²) in [6.45, 7) is 1.10. The zero-order chi connectivity index (χ0) is 26.1. The van der Waals surface area contributed by atoms with Crippen LogP contribution in [0.2, 0.25) is 0 Å². The van der Waals surface area contributed by atoms with Crippen LogP contribution in [0.25, 0.3) is 33.6 Å². The maximum atomic E-state index is 9.70. The molecule has 182 valence electrons. The Bertz CT molecular complexity index is 1870. The SMILES string of the molecule is N#Cc1nc2c(-c3nc4ccccc4n3Cc3ccccc3)c(N)n(CCc3ccccc3)c2nc1C#N. The van der Waals surface area contributed by atoms with E-state index in [0.29, 0.717) is 47.9 Å². The number of hydrogen-bond donors (Lipinski definition) is 1. The van der Waals surface area contributed by atoms with Crippen molar-refractivity contribution in [2.75, 3.05) is 5.73 Å². The van der Waals surface area contributed by atoms with E-state index in [1.54, 1.807) is 0 Å². The van der Waals surface area contributed by atoms with E-state index in [4.69, 9.17) is 10.7 Å². The number of fused-ring (bicyclic) bond motifs is 2. The number of rotatable bonds is 6. The summed E-state index contributed by atoms with van der Waals surface area (Å²) in [6.07, 6.45) is 0.707. The van der Waals surface area contributed by atoms with Crippen LogP contribution in [0.1, 0.15) is 22.5 Å². The number of aromatic nitrogens is 5. The van der Waals surface area contributed by atoms with E-state index in [1.165, 1.54) is 0 Å².